The van der Waals surface area contributed by atoms with E-state index in [1.807, 2.05) is 36.2 Å². The number of anilines is 1. The standard InChI is InChI=1S/C11H17N3OS/c1-14(5-6-15)8-9-3-2-4-10(7-9)13-11(12)16/h2-4,7,15H,5-6,8H2,1H3,(H3,12,13,16). The molecule has 0 unspecified atom stereocenters. The van der Waals surface area contributed by atoms with Gasteiger partial charge >= 0.3 is 0 Å². The Balaban J connectivity index is 2.63. The Kier molecular flexibility index (Phi) is 5.18. The number of benzene rings is 1. The Morgan fingerprint density at radius 1 is 1.56 bits per heavy atom. The molecule has 0 aliphatic carbocycles. The van der Waals surface area contributed by atoms with Crippen molar-refractivity contribution in [2.45, 2.75) is 6.54 Å². The van der Waals surface area contributed by atoms with Crippen LogP contribution in [0.1, 0.15) is 5.56 Å². The highest BCUT2D eigenvalue weighted by atomic mass is 32.1. The van der Waals surface area contributed by atoms with Crippen molar-refractivity contribution in [3.8, 4) is 0 Å². The van der Waals surface area contributed by atoms with E-state index in [0.29, 0.717) is 6.54 Å². The fourth-order valence-electron chi connectivity index (χ4n) is 1.45. The summed E-state index contributed by atoms with van der Waals surface area (Å²) < 4.78 is 0. The highest BCUT2D eigenvalue weighted by Gasteiger charge is 2.00. The lowest BCUT2D eigenvalue weighted by Gasteiger charge is -2.15. The number of rotatable bonds is 5. The highest BCUT2D eigenvalue weighted by molar-refractivity contribution is 7.80. The predicted molar refractivity (Wildman–Crippen MR) is 70.3 cm³/mol. The number of thiocarbonyl (C=S) groups is 1. The maximum absolute atomic E-state index is 8.80. The summed E-state index contributed by atoms with van der Waals surface area (Å²) in [5.41, 5.74) is 7.44. The first-order chi connectivity index (χ1) is 7.61. The molecule has 0 saturated carbocycles. The lowest BCUT2D eigenvalue weighted by Crippen LogP contribution is -2.22. The number of nitrogens with one attached hydrogen (secondary N) is 1. The van der Waals surface area contributed by atoms with Crippen molar-refractivity contribution in [1.29, 1.82) is 0 Å². The third-order valence-corrected chi connectivity index (χ3v) is 2.23. The number of aliphatic hydroxyl groups excluding tert-OH is 1. The second-order valence-corrected chi connectivity index (χ2v) is 4.09. The molecule has 0 amide bonds. The summed E-state index contributed by atoms with van der Waals surface area (Å²) in [7, 11) is 1.96. The van der Waals surface area contributed by atoms with E-state index in [-0.39, 0.29) is 11.7 Å². The molecule has 0 atom stereocenters. The zero-order valence-electron chi connectivity index (χ0n) is 9.31. The summed E-state index contributed by atoms with van der Waals surface area (Å²) in [5.74, 6) is 0. The van der Waals surface area contributed by atoms with Gasteiger partial charge in [0.15, 0.2) is 5.11 Å². The summed E-state index contributed by atoms with van der Waals surface area (Å²) >= 11 is 4.77. The van der Waals surface area contributed by atoms with Crippen molar-refractivity contribution < 1.29 is 5.11 Å². The molecule has 0 aliphatic rings. The Hall–Kier alpha value is -1.17. The summed E-state index contributed by atoms with van der Waals surface area (Å²) in [4.78, 5) is 2.04. The molecule has 1 rings (SSSR count). The fraction of sp³-hybridized carbons (Fsp3) is 0.364. The van der Waals surface area contributed by atoms with Crippen LogP contribution < -0.4 is 11.1 Å². The van der Waals surface area contributed by atoms with Crippen molar-refractivity contribution in [2.24, 2.45) is 5.73 Å². The van der Waals surface area contributed by atoms with Gasteiger partial charge < -0.3 is 16.2 Å². The van der Waals surface area contributed by atoms with Gasteiger partial charge in [0.2, 0.25) is 0 Å². The predicted octanol–water partition coefficient (Wildman–Crippen LogP) is 0.766. The fourth-order valence-corrected chi connectivity index (χ4v) is 1.57. The van der Waals surface area contributed by atoms with Crippen LogP contribution in [0.2, 0.25) is 0 Å². The lowest BCUT2D eigenvalue weighted by atomic mass is 10.2. The first-order valence-electron chi connectivity index (χ1n) is 5.06. The number of aliphatic hydroxyl groups is 1. The molecule has 0 aromatic heterocycles. The number of likely N-dealkylation sites (N-methyl/N-ethyl adjacent to an activating group) is 1. The van der Waals surface area contributed by atoms with Crippen molar-refractivity contribution in [1.82, 2.24) is 4.90 Å². The van der Waals surface area contributed by atoms with Gasteiger partial charge in [-0.25, -0.2) is 0 Å². The molecule has 0 saturated heterocycles. The number of hydrogen-bond donors (Lipinski definition) is 3. The van der Waals surface area contributed by atoms with Crippen LogP contribution in [-0.2, 0) is 6.54 Å². The second kappa shape index (κ2) is 6.42. The van der Waals surface area contributed by atoms with Gasteiger partial charge in [-0.15, -0.1) is 0 Å². The molecule has 0 radical (unpaired) electrons. The van der Waals surface area contributed by atoms with Crippen LogP contribution in [0.15, 0.2) is 24.3 Å². The van der Waals surface area contributed by atoms with Gasteiger partial charge in [-0.05, 0) is 37.0 Å². The first kappa shape index (κ1) is 12.9. The third-order valence-electron chi connectivity index (χ3n) is 2.13. The van der Waals surface area contributed by atoms with E-state index >= 15 is 0 Å². The lowest BCUT2D eigenvalue weighted by molar-refractivity contribution is 0.217. The highest BCUT2D eigenvalue weighted by Crippen LogP contribution is 2.11. The summed E-state index contributed by atoms with van der Waals surface area (Å²) in [5, 5.41) is 12.0. The number of nitrogens with two attached hydrogens (primary N) is 1. The van der Waals surface area contributed by atoms with Crippen molar-refractivity contribution in [2.75, 3.05) is 25.5 Å². The van der Waals surface area contributed by atoms with Crippen LogP contribution in [0.5, 0.6) is 0 Å². The molecule has 0 fully saturated rings. The topological polar surface area (TPSA) is 61.5 Å². The quantitative estimate of drug-likeness (QED) is 0.662. The molecule has 0 spiro atoms. The van der Waals surface area contributed by atoms with Crippen LogP contribution in [0.3, 0.4) is 0 Å². The molecule has 0 aliphatic heterocycles. The normalized spacial score (nSPS) is 10.4. The van der Waals surface area contributed by atoms with Gasteiger partial charge in [-0.3, -0.25) is 4.90 Å². The number of nitrogens with zero attached hydrogens (tertiary/aromatic N) is 1. The third kappa shape index (κ3) is 4.57. The first-order valence-corrected chi connectivity index (χ1v) is 5.47. The van der Waals surface area contributed by atoms with Crippen LogP contribution in [-0.4, -0.2) is 35.3 Å². The van der Waals surface area contributed by atoms with E-state index in [1.54, 1.807) is 0 Å². The molecule has 4 N–H and O–H groups in total. The minimum Gasteiger partial charge on any atom is -0.395 e. The molecule has 0 bridgehead atoms. The summed E-state index contributed by atoms with van der Waals surface area (Å²) in [6.07, 6.45) is 0. The van der Waals surface area contributed by atoms with E-state index in [1.165, 1.54) is 0 Å². The Labute approximate surface area is 101 Å². The molecule has 16 heavy (non-hydrogen) atoms. The van der Waals surface area contributed by atoms with Crippen molar-refractivity contribution in [3.63, 3.8) is 0 Å². The monoisotopic (exact) mass is 239 g/mol. The van der Waals surface area contributed by atoms with Gasteiger partial charge in [0, 0.05) is 18.8 Å². The SMILES string of the molecule is CN(CCO)Cc1cccc(NC(N)=S)c1. The molecule has 0 heterocycles. The van der Waals surface area contributed by atoms with Crippen LogP contribution in [0.25, 0.3) is 0 Å². The average Bonchev–Trinajstić information content (AvgIpc) is 2.17. The largest absolute Gasteiger partial charge is 0.395 e. The molecule has 5 heteroatoms. The average molecular weight is 239 g/mol. The summed E-state index contributed by atoms with van der Waals surface area (Å²) in [6, 6.07) is 7.88. The van der Waals surface area contributed by atoms with E-state index in [4.69, 9.17) is 23.1 Å². The second-order valence-electron chi connectivity index (χ2n) is 3.65. The smallest absolute Gasteiger partial charge is 0.168 e. The van der Waals surface area contributed by atoms with Crippen molar-refractivity contribution >= 4 is 23.0 Å². The minimum atomic E-state index is 0.168. The molecule has 1 aromatic carbocycles. The summed E-state index contributed by atoms with van der Waals surface area (Å²) in [6.45, 7) is 1.61. The maximum Gasteiger partial charge on any atom is 0.168 e. The van der Waals surface area contributed by atoms with Gasteiger partial charge in [-0.2, -0.15) is 0 Å². The molecule has 1 aromatic rings. The van der Waals surface area contributed by atoms with E-state index in [2.05, 4.69) is 5.32 Å². The zero-order valence-corrected chi connectivity index (χ0v) is 10.1. The Morgan fingerprint density at radius 3 is 2.94 bits per heavy atom. The van der Waals surface area contributed by atoms with Crippen LogP contribution >= 0.6 is 12.2 Å². The van der Waals surface area contributed by atoms with Crippen molar-refractivity contribution in [3.05, 3.63) is 29.8 Å². The molecule has 4 nitrogen and oxygen atoms in total. The van der Waals surface area contributed by atoms with E-state index in [0.717, 1.165) is 17.8 Å². The molecular weight excluding hydrogens is 222 g/mol. The zero-order chi connectivity index (χ0) is 12.0. The maximum atomic E-state index is 8.80. The molecular formula is C11H17N3OS. The van der Waals surface area contributed by atoms with E-state index in [9.17, 15) is 0 Å². The van der Waals surface area contributed by atoms with Gasteiger partial charge in [0.25, 0.3) is 0 Å². The van der Waals surface area contributed by atoms with Gasteiger partial charge in [0.1, 0.15) is 0 Å². The Bertz CT molecular complexity index is 357. The van der Waals surface area contributed by atoms with E-state index < -0.39 is 0 Å². The number of hydrogen-bond acceptors (Lipinski definition) is 3. The Morgan fingerprint density at radius 2 is 2.31 bits per heavy atom. The molecule has 88 valence electrons. The van der Waals surface area contributed by atoms with Crippen LogP contribution in [0, 0.1) is 0 Å². The van der Waals surface area contributed by atoms with Gasteiger partial charge in [0.05, 0.1) is 6.61 Å². The van der Waals surface area contributed by atoms with Gasteiger partial charge in [-0.1, -0.05) is 12.1 Å². The van der Waals surface area contributed by atoms with Crippen LogP contribution in [0.4, 0.5) is 5.69 Å². The minimum absolute atomic E-state index is 0.168.